The molecule has 0 N–H and O–H groups in total. The lowest BCUT2D eigenvalue weighted by Gasteiger charge is -2.36. The lowest BCUT2D eigenvalue weighted by Crippen LogP contribution is -2.35. The molecule has 0 aliphatic rings. The first-order chi connectivity index (χ1) is 15.6. The molecular formula is C20H39BN2O8P2. The van der Waals surface area contributed by atoms with E-state index in [2.05, 4.69) is 10.7 Å². The van der Waals surface area contributed by atoms with Crippen molar-refractivity contribution in [1.29, 1.82) is 5.26 Å². The average Bonchev–Trinajstić information content (AvgIpc) is 2.77. The Morgan fingerprint density at radius 3 is 2.18 bits per heavy atom. The highest BCUT2D eigenvalue weighted by molar-refractivity contribution is 7.57. The largest absolute Gasteiger partial charge is 0.382 e. The third-order valence-corrected chi connectivity index (χ3v) is 7.70. The molecule has 0 heterocycles. The van der Waals surface area contributed by atoms with Crippen molar-refractivity contribution in [3.63, 3.8) is 0 Å². The van der Waals surface area contributed by atoms with Crippen LogP contribution in [0, 0.1) is 11.3 Å². The number of nitriles is 1. The number of hydrogen-bond donors (Lipinski definition) is 0. The average molecular weight is 508 g/mol. The van der Waals surface area contributed by atoms with E-state index in [1.54, 1.807) is 7.11 Å². The number of nitrogens with zero attached hydrogens (tertiary/aromatic N) is 2. The van der Waals surface area contributed by atoms with Crippen molar-refractivity contribution < 1.29 is 36.9 Å². The number of hydrogen-bond acceptors (Lipinski definition) is 10. The predicted octanol–water partition coefficient (Wildman–Crippen LogP) is 3.82. The Kier molecular flexibility index (Phi) is 18.7. The van der Waals surface area contributed by atoms with Crippen LogP contribution in [0.5, 0.6) is 0 Å². The zero-order chi connectivity index (χ0) is 25.3. The number of methoxy groups -OCH3 is 1. The maximum atomic E-state index is 12.4. The summed E-state index contributed by atoms with van der Waals surface area (Å²) in [5.41, 5.74) is 0. The van der Waals surface area contributed by atoms with Gasteiger partial charge < -0.3 is 32.3 Å². The number of rotatable bonds is 20. The van der Waals surface area contributed by atoms with Crippen molar-refractivity contribution in [2.24, 2.45) is 0 Å². The molecule has 0 saturated heterocycles. The van der Waals surface area contributed by atoms with E-state index in [4.69, 9.17) is 45.4 Å². The Morgan fingerprint density at radius 1 is 1.03 bits per heavy atom. The Balaban J connectivity index is 5.41. The van der Waals surface area contributed by atoms with Crippen LogP contribution in [0.1, 0.15) is 34.1 Å². The Morgan fingerprint density at radius 2 is 1.67 bits per heavy atom. The first-order valence-electron chi connectivity index (χ1n) is 10.7. The third kappa shape index (κ3) is 14.6. The van der Waals surface area contributed by atoms with Gasteiger partial charge in [-0.3, -0.25) is 4.57 Å². The summed E-state index contributed by atoms with van der Waals surface area (Å²) in [7, 11) is 5.32. The first kappa shape index (κ1) is 32.6. The minimum atomic E-state index is -3.41. The molecule has 0 aliphatic heterocycles. The topological polar surface area (TPSA) is 109 Å². The van der Waals surface area contributed by atoms with Crippen LogP contribution in [0.2, 0.25) is 0 Å². The fraction of sp³-hybridized carbons (Fsp3) is 0.850. The van der Waals surface area contributed by atoms with Crippen LogP contribution in [0.15, 0.2) is 11.9 Å². The molecule has 13 heteroatoms. The van der Waals surface area contributed by atoms with Gasteiger partial charge in [0, 0.05) is 45.2 Å². The van der Waals surface area contributed by atoms with Crippen molar-refractivity contribution >= 4 is 24.0 Å². The van der Waals surface area contributed by atoms with Gasteiger partial charge in [0.15, 0.2) is 0 Å². The highest BCUT2D eigenvalue weighted by Crippen LogP contribution is 2.49. The molecule has 0 aromatic carbocycles. The summed E-state index contributed by atoms with van der Waals surface area (Å²) >= 11 is 0. The van der Waals surface area contributed by atoms with E-state index in [-0.39, 0.29) is 38.3 Å². The molecule has 0 saturated carbocycles. The van der Waals surface area contributed by atoms with E-state index >= 15 is 0 Å². The normalized spacial score (nSPS) is 15.4. The molecule has 190 valence electrons. The minimum absolute atomic E-state index is 0.0594. The van der Waals surface area contributed by atoms with Crippen molar-refractivity contribution in [3.05, 3.63) is 11.9 Å². The molecule has 0 rings (SSSR count). The van der Waals surface area contributed by atoms with Crippen molar-refractivity contribution in [1.82, 2.24) is 4.67 Å². The maximum absolute atomic E-state index is 12.4. The molecular weight excluding hydrogens is 469 g/mol. The molecule has 0 amide bonds. The Labute approximate surface area is 201 Å². The zero-order valence-electron chi connectivity index (χ0n) is 20.8. The van der Waals surface area contributed by atoms with Crippen LogP contribution >= 0.6 is 16.1 Å². The second-order valence-electron chi connectivity index (χ2n) is 7.37. The quantitative estimate of drug-likeness (QED) is 0.137. The molecule has 3 atom stereocenters. The minimum Gasteiger partial charge on any atom is -0.382 e. The van der Waals surface area contributed by atoms with Gasteiger partial charge in [0.05, 0.1) is 51.6 Å². The van der Waals surface area contributed by atoms with Gasteiger partial charge in [0.1, 0.15) is 7.85 Å². The highest BCUT2D eigenvalue weighted by atomic mass is 31.2. The second-order valence-corrected chi connectivity index (χ2v) is 10.9. The lowest BCUT2D eigenvalue weighted by atomic mass is 10.0. The summed E-state index contributed by atoms with van der Waals surface area (Å²) < 4.78 is 52.6. The molecule has 0 spiro atoms. The van der Waals surface area contributed by atoms with Gasteiger partial charge >= 0.3 is 7.60 Å². The predicted molar refractivity (Wildman–Crippen MR) is 129 cm³/mol. The van der Waals surface area contributed by atoms with Crippen molar-refractivity contribution in [2.45, 2.75) is 58.3 Å². The van der Waals surface area contributed by atoms with E-state index in [1.807, 2.05) is 27.7 Å². The monoisotopic (exact) mass is 508 g/mol. The maximum Gasteiger partial charge on any atom is 0.353 e. The van der Waals surface area contributed by atoms with E-state index < -0.39 is 28.2 Å². The van der Waals surface area contributed by atoms with Gasteiger partial charge in [0.25, 0.3) is 8.53 Å². The SMILES string of the molecule is [B][C@@H](COCCOC)O[C@H](/C=C/P(=O)(OC)OC)COP(OCCC#N)N(C(C)C)C(C)C. The standard InChI is InChI=1S/C20H39BN2O8P2/c1-17(2)23(18(3)4)32(29-11-8-10-22)30-15-19(9-14-33(24,26-6)27-7)31-20(21)16-28-13-12-25-5/h9,14,17-20H,8,11-13,15-16H2,1-7H3/b14-9+/t19-,20-,32?/m1/s1. The van der Waals surface area contributed by atoms with E-state index in [0.29, 0.717) is 13.2 Å². The lowest BCUT2D eigenvalue weighted by molar-refractivity contribution is -0.0255. The van der Waals surface area contributed by atoms with Crippen molar-refractivity contribution in [3.8, 4) is 6.07 Å². The Hall–Kier alpha value is -0.365. The van der Waals surface area contributed by atoms with Crippen molar-refractivity contribution in [2.75, 3.05) is 54.4 Å². The second kappa shape index (κ2) is 18.9. The van der Waals surface area contributed by atoms with Crippen LogP contribution < -0.4 is 0 Å². The van der Waals surface area contributed by atoms with E-state index in [1.165, 1.54) is 26.1 Å². The van der Waals surface area contributed by atoms with Gasteiger partial charge in [-0.15, -0.1) is 0 Å². The molecule has 0 aliphatic carbocycles. The highest BCUT2D eigenvalue weighted by Gasteiger charge is 2.28. The molecule has 0 fully saturated rings. The van der Waals surface area contributed by atoms with Crippen LogP contribution in [0.3, 0.4) is 0 Å². The summed E-state index contributed by atoms with van der Waals surface area (Å²) in [5.74, 6) is 1.31. The first-order valence-corrected chi connectivity index (χ1v) is 13.5. The van der Waals surface area contributed by atoms with Crippen LogP contribution in [-0.2, 0) is 36.9 Å². The summed E-state index contributed by atoms with van der Waals surface area (Å²) in [6.07, 6.45) is 1.09. The fourth-order valence-electron chi connectivity index (χ4n) is 2.59. The van der Waals surface area contributed by atoms with Crippen LogP contribution in [-0.4, -0.2) is 91.1 Å². The molecule has 0 bridgehead atoms. The van der Waals surface area contributed by atoms with E-state index in [9.17, 15) is 4.57 Å². The fourth-order valence-corrected chi connectivity index (χ4v) is 5.01. The summed E-state index contributed by atoms with van der Waals surface area (Å²) in [6, 6.07) is 1.59. The number of ether oxygens (including phenoxy) is 3. The molecule has 0 aromatic rings. The Bertz CT molecular complexity index is 605. The molecule has 1 unspecified atom stereocenters. The molecule has 33 heavy (non-hydrogen) atoms. The van der Waals surface area contributed by atoms with Gasteiger partial charge in [0.2, 0.25) is 0 Å². The summed E-state index contributed by atoms with van der Waals surface area (Å²) in [6.45, 7) is 9.43. The summed E-state index contributed by atoms with van der Waals surface area (Å²) in [4.78, 5) is 0. The van der Waals surface area contributed by atoms with Gasteiger partial charge in [-0.2, -0.15) is 5.26 Å². The summed E-state index contributed by atoms with van der Waals surface area (Å²) in [5, 5.41) is 8.86. The molecule has 2 radical (unpaired) electrons. The van der Waals surface area contributed by atoms with E-state index in [0.717, 1.165) is 0 Å². The molecule has 10 nitrogen and oxygen atoms in total. The van der Waals surface area contributed by atoms with Crippen LogP contribution in [0.25, 0.3) is 0 Å². The van der Waals surface area contributed by atoms with Gasteiger partial charge in [-0.25, -0.2) is 4.67 Å². The smallest absolute Gasteiger partial charge is 0.353 e. The molecule has 0 aromatic heterocycles. The van der Waals surface area contributed by atoms with Gasteiger partial charge in [-0.05, 0) is 33.8 Å². The van der Waals surface area contributed by atoms with Gasteiger partial charge in [-0.1, -0.05) is 0 Å². The van der Waals surface area contributed by atoms with Crippen LogP contribution in [0.4, 0.5) is 0 Å². The third-order valence-electron chi connectivity index (χ3n) is 4.07. The zero-order valence-corrected chi connectivity index (χ0v) is 22.6.